The van der Waals surface area contributed by atoms with E-state index in [4.69, 9.17) is 0 Å². The molecule has 0 aromatic heterocycles. The molecule has 1 saturated heterocycles. The van der Waals surface area contributed by atoms with Crippen LogP contribution < -0.4 is 5.32 Å². The lowest BCUT2D eigenvalue weighted by molar-refractivity contribution is 0.535. The van der Waals surface area contributed by atoms with E-state index in [1.807, 2.05) is 0 Å². The summed E-state index contributed by atoms with van der Waals surface area (Å²) in [4.78, 5) is 0. The molecular weight excluding hydrogens is 158 g/mol. The van der Waals surface area contributed by atoms with Crippen molar-refractivity contribution in [1.29, 1.82) is 0 Å². The summed E-state index contributed by atoms with van der Waals surface area (Å²) in [6, 6.07) is 0. The lowest BCUT2D eigenvalue weighted by Crippen LogP contribution is -2.18. The number of hydrogen-bond donors (Lipinski definition) is 1. The van der Waals surface area contributed by atoms with Gasteiger partial charge in [0.2, 0.25) is 0 Å². The number of rotatable bonds is 0. The Bertz CT molecular complexity index is 309. The molecule has 13 heavy (non-hydrogen) atoms. The molecule has 1 heterocycles. The van der Waals surface area contributed by atoms with Crippen LogP contribution in [0.5, 0.6) is 0 Å². The highest BCUT2D eigenvalue weighted by Gasteiger charge is 2.31. The van der Waals surface area contributed by atoms with Crippen molar-refractivity contribution < 1.29 is 0 Å². The largest absolute Gasteiger partial charge is 0.316 e. The van der Waals surface area contributed by atoms with Crippen LogP contribution in [-0.4, -0.2) is 13.1 Å². The van der Waals surface area contributed by atoms with Crippen LogP contribution in [0.25, 0.3) is 0 Å². The van der Waals surface area contributed by atoms with Crippen molar-refractivity contribution in [2.24, 2.45) is 11.8 Å². The zero-order valence-electron chi connectivity index (χ0n) is 7.79. The van der Waals surface area contributed by atoms with Crippen molar-refractivity contribution in [1.82, 2.24) is 5.32 Å². The van der Waals surface area contributed by atoms with Gasteiger partial charge < -0.3 is 5.32 Å². The minimum absolute atomic E-state index is 0.783. The van der Waals surface area contributed by atoms with Crippen LogP contribution in [-0.2, 0) is 0 Å². The van der Waals surface area contributed by atoms with Gasteiger partial charge in [-0.15, -0.1) is 0 Å². The molecule has 2 aliphatic carbocycles. The fourth-order valence-electron chi connectivity index (χ4n) is 2.77. The van der Waals surface area contributed by atoms with Crippen molar-refractivity contribution in [3.63, 3.8) is 0 Å². The summed E-state index contributed by atoms with van der Waals surface area (Å²) in [5.74, 6) is 1.59. The van der Waals surface area contributed by atoms with E-state index in [0.717, 1.165) is 11.8 Å². The summed E-state index contributed by atoms with van der Waals surface area (Å²) in [6.45, 7) is 2.38. The van der Waals surface area contributed by atoms with E-state index in [2.05, 4.69) is 29.6 Å². The molecule has 1 heteroatoms. The second-order valence-electron chi connectivity index (χ2n) is 4.21. The van der Waals surface area contributed by atoms with Crippen LogP contribution in [0.15, 0.2) is 35.5 Å². The Kier molecular flexibility index (Phi) is 1.66. The van der Waals surface area contributed by atoms with Crippen LogP contribution in [0.4, 0.5) is 0 Å². The van der Waals surface area contributed by atoms with Crippen LogP contribution in [0.3, 0.4) is 0 Å². The van der Waals surface area contributed by atoms with Crippen molar-refractivity contribution in [3.05, 3.63) is 35.5 Å². The van der Waals surface area contributed by atoms with Crippen molar-refractivity contribution in [2.45, 2.75) is 12.8 Å². The predicted octanol–water partition coefficient (Wildman–Crippen LogP) is 2.04. The van der Waals surface area contributed by atoms with E-state index in [-0.39, 0.29) is 0 Å². The Labute approximate surface area is 79.2 Å². The molecule has 1 fully saturated rings. The maximum atomic E-state index is 3.49. The number of fused-ring (bicyclic) bond motifs is 2. The van der Waals surface area contributed by atoms with Crippen LogP contribution >= 0.6 is 0 Å². The SMILES string of the molecule is C1=CC2=C(CC1)C1CNCC1C=C2. The first-order valence-corrected chi connectivity index (χ1v) is 5.23. The third-order valence-electron chi connectivity index (χ3n) is 3.48. The van der Waals surface area contributed by atoms with Gasteiger partial charge in [-0.05, 0) is 24.3 Å². The van der Waals surface area contributed by atoms with Gasteiger partial charge in [-0.1, -0.05) is 29.9 Å². The minimum Gasteiger partial charge on any atom is -0.316 e. The molecule has 0 spiro atoms. The highest BCUT2D eigenvalue weighted by Crippen LogP contribution is 2.37. The minimum atomic E-state index is 0.783. The first-order valence-electron chi connectivity index (χ1n) is 5.23. The standard InChI is InChI=1S/C12H15N/c1-2-4-11-9(3-1)5-6-10-7-13-8-12(10)11/h1,3,5-6,10,12-13H,2,4,7-8H2. The Morgan fingerprint density at radius 2 is 2.23 bits per heavy atom. The Morgan fingerprint density at radius 3 is 3.23 bits per heavy atom. The highest BCUT2D eigenvalue weighted by molar-refractivity contribution is 5.43. The van der Waals surface area contributed by atoms with Gasteiger partial charge in [0.25, 0.3) is 0 Å². The molecular formula is C12H15N. The maximum absolute atomic E-state index is 3.49. The Morgan fingerprint density at radius 1 is 1.23 bits per heavy atom. The van der Waals surface area contributed by atoms with Gasteiger partial charge in [0.05, 0.1) is 0 Å². The van der Waals surface area contributed by atoms with Crippen molar-refractivity contribution in [2.75, 3.05) is 13.1 Å². The molecule has 0 aromatic rings. The molecule has 1 nitrogen and oxygen atoms in total. The van der Waals surface area contributed by atoms with E-state index in [0.29, 0.717) is 0 Å². The molecule has 0 bridgehead atoms. The zero-order valence-corrected chi connectivity index (χ0v) is 7.79. The summed E-state index contributed by atoms with van der Waals surface area (Å²) in [7, 11) is 0. The molecule has 0 saturated carbocycles. The Hall–Kier alpha value is -0.820. The fourth-order valence-corrected chi connectivity index (χ4v) is 2.77. The Balaban J connectivity index is 2.01. The number of allylic oxidation sites excluding steroid dienone is 4. The van der Waals surface area contributed by atoms with Crippen molar-refractivity contribution >= 4 is 0 Å². The van der Waals surface area contributed by atoms with Gasteiger partial charge in [-0.3, -0.25) is 0 Å². The number of nitrogens with one attached hydrogen (secondary N) is 1. The summed E-state index contributed by atoms with van der Waals surface area (Å²) in [6.07, 6.45) is 11.8. The molecule has 2 atom stereocenters. The summed E-state index contributed by atoms with van der Waals surface area (Å²) in [5, 5.41) is 3.49. The fraction of sp³-hybridized carbons (Fsp3) is 0.500. The molecule has 0 amide bonds. The van der Waals surface area contributed by atoms with E-state index in [9.17, 15) is 0 Å². The topological polar surface area (TPSA) is 12.0 Å². The predicted molar refractivity (Wildman–Crippen MR) is 54.4 cm³/mol. The van der Waals surface area contributed by atoms with Gasteiger partial charge >= 0.3 is 0 Å². The average Bonchev–Trinajstić information content (AvgIpc) is 2.65. The van der Waals surface area contributed by atoms with E-state index < -0.39 is 0 Å². The third-order valence-corrected chi connectivity index (χ3v) is 3.48. The molecule has 2 unspecified atom stereocenters. The summed E-state index contributed by atoms with van der Waals surface area (Å²) in [5.41, 5.74) is 3.20. The van der Waals surface area contributed by atoms with Crippen molar-refractivity contribution in [3.8, 4) is 0 Å². The third kappa shape index (κ3) is 1.11. The average molecular weight is 173 g/mol. The normalized spacial score (nSPS) is 36.3. The molecule has 0 aromatic carbocycles. The van der Waals surface area contributed by atoms with Crippen LogP contribution in [0, 0.1) is 11.8 Å². The molecule has 1 aliphatic heterocycles. The number of hydrogen-bond acceptors (Lipinski definition) is 1. The monoisotopic (exact) mass is 173 g/mol. The second-order valence-corrected chi connectivity index (χ2v) is 4.21. The quantitative estimate of drug-likeness (QED) is 0.591. The van der Waals surface area contributed by atoms with Crippen LogP contribution in [0.1, 0.15) is 12.8 Å². The molecule has 68 valence electrons. The van der Waals surface area contributed by atoms with Gasteiger partial charge in [-0.2, -0.15) is 0 Å². The van der Waals surface area contributed by atoms with E-state index in [1.165, 1.54) is 31.5 Å². The first-order chi connectivity index (χ1) is 6.45. The molecule has 3 aliphatic rings. The van der Waals surface area contributed by atoms with E-state index >= 15 is 0 Å². The lowest BCUT2D eigenvalue weighted by atomic mass is 9.78. The van der Waals surface area contributed by atoms with Gasteiger partial charge in [-0.25, -0.2) is 0 Å². The summed E-state index contributed by atoms with van der Waals surface area (Å²) >= 11 is 0. The summed E-state index contributed by atoms with van der Waals surface area (Å²) < 4.78 is 0. The van der Waals surface area contributed by atoms with Gasteiger partial charge in [0.1, 0.15) is 0 Å². The van der Waals surface area contributed by atoms with Gasteiger partial charge in [0.15, 0.2) is 0 Å². The molecule has 1 N–H and O–H groups in total. The second kappa shape index (κ2) is 2.85. The molecule has 0 radical (unpaired) electrons. The van der Waals surface area contributed by atoms with Crippen LogP contribution in [0.2, 0.25) is 0 Å². The highest BCUT2D eigenvalue weighted by atomic mass is 14.9. The maximum Gasteiger partial charge on any atom is 0.00236 e. The zero-order chi connectivity index (χ0) is 8.67. The lowest BCUT2D eigenvalue weighted by Gasteiger charge is -2.27. The van der Waals surface area contributed by atoms with E-state index in [1.54, 1.807) is 5.57 Å². The molecule has 3 rings (SSSR count). The first kappa shape index (κ1) is 7.57. The smallest absolute Gasteiger partial charge is 0.00236 e. The van der Waals surface area contributed by atoms with Gasteiger partial charge in [0, 0.05) is 19.0 Å².